The topological polar surface area (TPSA) is 90.3 Å². The molecule has 1 amide bonds. The number of anilines is 1. The van der Waals surface area contributed by atoms with E-state index in [1.165, 1.54) is 10.9 Å². The second kappa shape index (κ2) is 10.6. The summed E-state index contributed by atoms with van der Waals surface area (Å²) in [5.74, 6) is -0.948. The molecule has 1 atom stereocenters. The van der Waals surface area contributed by atoms with Crippen molar-refractivity contribution in [1.82, 2.24) is 9.55 Å². The zero-order valence-electron chi connectivity index (χ0n) is 18.9. The van der Waals surface area contributed by atoms with Crippen LogP contribution in [0.15, 0.2) is 59.7 Å². The van der Waals surface area contributed by atoms with Gasteiger partial charge < -0.3 is 10.1 Å². The molecule has 0 saturated carbocycles. The highest BCUT2D eigenvalue weighted by Crippen LogP contribution is 2.28. The van der Waals surface area contributed by atoms with Crippen molar-refractivity contribution in [3.63, 3.8) is 0 Å². The summed E-state index contributed by atoms with van der Waals surface area (Å²) in [4.78, 5) is 43.8. The number of rotatable bonds is 7. The first kappa shape index (κ1) is 24.9. The highest BCUT2D eigenvalue weighted by atomic mass is 35.5. The molecule has 0 bridgehead atoms. The van der Waals surface area contributed by atoms with Crippen LogP contribution < -0.4 is 10.9 Å². The minimum atomic E-state index is -0.877. The van der Waals surface area contributed by atoms with E-state index in [0.29, 0.717) is 37.4 Å². The first-order chi connectivity index (χ1) is 16.7. The molecular weight excluding hydrogens is 509 g/mol. The largest absolute Gasteiger partial charge is 0.461 e. The van der Waals surface area contributed by atoms with Crippen LogP contribution in [-0.4, -0.2) is 28.0 Å². The fourth-order valence-electron chi connectivity index (χ4n) is 3.58. The van der Waals surface area contributed by atoms with E-state index >= 15 is 0 Å². The van der Waals surface area contributed by atoms with E-state index in [2.05, 4.69) is 10.3 Å². The lowest BCUT2D eigenvalue weighted by molar-refractivity contribution is -0.118. The molecule has 35 heavy (non-hydrogen) atoms. The molecule has 0 spiro atoms. The van der Waals surface area contributed by atoms with Crippen molar-refractivity contribution in [2.45, 2.75) is 26.3 Å². The summed E-state index contributed by atoms with van der Waals surface area (Å²) in [5.41, 5.74) is 1.54. The van der Waals surface area contributed by atoms with Gasteiger partial charge in [-0.05, 0) is 43.2 Å². The molecule has 7 nitrogen and oxygen atoms in total. The molecule has 0 aliphatic rings. The maximum atomic E-state index is 13.2. The predicted molar refractivity (Wildman–Crippen MR) is 139 cm³/mol. The summed E-state index contributed by atoms with van der Waals surface area (Å²) in [6.45, 7) is 3.48. The maximum absolute atomic E-state index is 13.2. The lowest BCUT2D eigenvalue weighted by Gasteiger charge is -2.15. The Morgan fingerprint density at radius 2 is 1.83 bits per heavy atom. The Hall–Kier alpha value is -3.20. The molecule has 0 aliphatic carbocycles. The number of aromatic nitrogens is 2. The molecule has 180 valence electrons. The Morgan fingerprint density at radius 3 is 2.51 bits per heavy atom. The first-order valence-electron chi connectivity index (χ1n) is 10.7. The van der Waals surface area contributed by atoms with Gasteiger partial charge in [-0.3, -0.25) is 14.2 Å². The van der Waals surface area contributed by atoms with Crippen LogP contribution in [0.1, 0.15) is 33.8 Å². The number of hydrogen-bond acceptors (Lipinski definition) is 6. The molecule has 10 heteroatoms. The van der Waals surface area contributed by atoms with Gasteiger partial charge >= 0.3 is 5.97 Å². The number of fused-ring (bicyclic) bond motifs is 1. The van der Waals surface area contributed by atoms with Crippen LogP contribution in [0.4, 0.5) is 5.69 Å². The predicted octanol–water partition coefficient (Wildman–Crippen LogP) is 5.67. The molecule has 2 heterocycles. The van der Waals surface area contributed by atoms with E-state index in [-0.39, 0.29) is 12.0 Å². The van der Waals surface area contributed by atoms with Crippen LogP contribution in [0.25, 0.3) is 10.2 Å². The van der Waals surface area contributed by atoms with Gasteiger partial charge in [-0.2, -0.15) is 0 Å². The Kier molecular flexibility index (Phi) is 7.54. The molecule has 1 N–H and O–H groups in total. The lowest BCUT2D eigenvalue weighted by Crippen LogP contribution is -2.31. The van der Waals surface area contributed by atoms with Crippen LogP contribution >= 0.6 is 34.5 Å². The van der Waals surface area contributed by atoms with E-state index in [1.54, 1.807) is 32.0 Å². The summed E-state index contributed by atoms with van der Waals surface area (Å²) >= 11 is 13.1. The zero-order chi connectivity index (χ0) is 25.1. The number of esters is 1. The van der Waals surface area contributed by atoms with Gasteiger partial charge in [0.05, 0.1) is 18.3 Å². The number of aryl methyl sites for hydroxylation is 1. The highest BCUT2D eigenvalue weighted by Gasteiger charge is 2.23. The van der Waals surface area contributed by atoms with E-state index in [9.17, 15) is 14.4 Å². The van der Waals surface area contributed by atoms with Crippen molar-refractivity contribution >= 4 is 62.3 Å². The molecule has 1 unspecified atom stereocenters. The molecule has 4 rings (SSSR count). The maximum Gasteiger partial charge on any atom is 0.348 e. The number of amides is 1. The van der Waals surface area contributed by atoms with Crippen molar-refractivity contribution in [1.29, 1.82) is 0 Å². The first-order valence-corrected chi connectivity index (χ1v) is 12.3. The van der Waals surface area contributed by atoms with Gasteiger partial charge in [0, 0.05) is 22.2 Å². The minimum Gasteiger partial charge on any atom is -0.461 e. The van der Waals surface area contributed by atoms with Gasteiger partial charge in [0.15, 0.2) is 0 Å². The van der Waals surface area contributed by atoms with Crippen molar-refractivity contribution in [2.75, 3.05) is 11.9 Å². The van der Waals surface area contributed by atoms with Crippen LogP contribution in [0, 0.1) is 6.92 Å². The summed E-state index contributed by atoms with van der Waals surface area (Å²) in [7, 11) is 0. The standard InChI is InChI=1S/C25H21Cl2N3O4S/c1-14-20-23(35-21(14)25(33)34-9-8-16-6-4-3-5-7-16)28-13-30(24(20)32)15(2)22(31)29-19-11-17(26)10-18(27)12-19/h3-7,10-13,15H,8-9H2,1-2H3,(H,29,31). The average Bonchev–Trinajstić information content (AvgIpc) is 3.16. The molecule has 2 aromatic carbocycles. The number of carbonyl (C=O) groups is 2. The molecule has 0 aliphatic heterocycles. The quantitative estimate of drug-likeness (QED) is 0.311. The molecule has 2 aromatic heterocycles. The highest BCUT2D eigenvalue weighted by molar-refractivity contribution is 7.20. The van der Waals surface area contributed by atoms with Gasteiger partial charge in [-0.1, -0.05) is 53.5 Å². The average molecular weight is 530 g/mol. The summed E-state index contributed by atoms with van der Waals surface area (Å²) in [6.07, 6.45) is 1.90. The third-order valence-electron chi connectivity index (χ3n) is 5.45. The lowest BCUT2D eigenvalue weighted by atomic mass is 10.2. The van der Waals surface area contributed by atoms with Crippen LogP contribution in [-0.2, 0) is 16.0 Å². The second-order valence-corrected chi connectivity index (χ2v) is 9.76. The number of thiophene rings is 1. The molecular formula is C25H21Cl2N3O4S. The number of hydrogen-bond donors (Lipinski definition) is 1. The summed E-state index contributed by atoms with van der Waals surface area (Å²) in [6, 6.07) is 13.5. The number of benzene rings is 2. The zero-order valence-corrected chi connectivity index (χ0v) is 21.2. The van der Waals surface area contributed by atoms with Crippen molar-refractivity contribution in [3.05, 3.63) is 91.3 Å². The minimum absolute atomic E-state index is 0.221. The van der Waals surface area contributed by atoms with Gasteiger partial charge in [-0.25, -0.2) is 9.78 Å². The van der Waals surface area contributed by atoms with Crippen molar-refractivity contribution in [3.8, 4) is 0 Å². The van der Waals surface area contributed by atoms with Gasteiger partial charge in [0.1, 0.15) is 15.7 Å². The third-order valence-corrected chi connectivity index (χ3v) is 7.07. The second-order valence-electron chi connectivity index (χ2n) is 7.89. The Morgan fingerprint density at radius 1 is 1.14 bits per heavy atom. The van der Waals surface area contributed by atoms with Crippen molar-refractivity contribution in [2.24, 2.45) is 0 Å². The van der Waals surface area contributed by atoms with Crippen molar-refractivity contribution < 1.29 is 14.3 Å². The van der Waals surface area contributed by atoms with Gasteiger partial charge in [0.25, 0.3) is 5.56 Å². The van der Waals surface area contributed by atoms with Crippen LogP contribution in [0.5, 0.6) is 0 Å². The summed E-state index contributed by atoms with van der Waals surface area (Å²) in [5, 5.41) is 3.74. The monoisotopic (exact) mass is 529 g/mol. The van der Waals surface area contributed by atoms with Gasteiger partial charge in [-0.15, -0.1) is 11.3 Å². The molecule has 4 aromatic rings. The number of nitrogens with zero attached hydrogens (tertiary/aromatic N) is 2. The fourth-order valence-corrected chi connectivity index (χ4v) is 5.14. The molecule has 0 fully saturated rings. The Bertz CT molecular complexity index is 1450. The summed E-state index contributed by atoms with van der Waals surface area (Å²) < 4.78 is 6.66. The Balaban J connectivity index is 1.53. The van der Waals surface area contributed by atoms with E-state index < -0.39 is 23.5 Å². The SMILES string of the molecule is Cc1c(C(=O)OCCc2ccccc2)sc2ncn(C(C)C(=O)Nc3cc(Cl)cc(Cl)c3)c(=O)c12. The number of carbonyl (C=O) groups excluding carboxylic acids is 2. The van der Waals surface area contributed by atoms with E-state index in [0.717, 1.165) is 16.9 Å². The third kappa shape index (κ3) is 5.56. The number of ether oxygens (including phenoxy) is 1. The number of halogens is 2. The Labute approximate surface area is 215 Å². The normalized spacial score (nSPS) is 11.9. The van der Waals surface area contributed by atoms with E-state index in [1.807, 2.05) is 30.3 Å². The molecule has 0 radical (unpaired) electrons. The van der Waals surface area contributed by atoms with E-state index in [4.69, 9.17) is 27.9 Å². The smallest absolute Gasteiger partial charge is 0.348 e. The van der Waals surface area contributed by atoms with Gasteiger partial charge in [0.2, 0.25) is 5.91 Å². The fraction of sp³-hybridized carbons (Fsp3) is 0.200. The number of nitrogens with one attached hydrogen (secondary N) is 1. The molecule has 0 saturated heterocycles. The van der Waals surface area contributed by atoms with Crippen LogP contribution in [0.2, 0.25) is 10.0 Å². The van der Waals surface area contributed by atoms with Crippen LogP contribution in [0.3, 0.4) is 0 Å².